The maximum atomic E-state index is 12.5. The average Bonchev–Trinajstić information content (AvgIpc) is 2.34. The highest BCUT2D eigenvalue weighted by Crippen LogP contribution is 2.22. The normalized spacial score (nSPS) is 13.4. The first kappa shape index (κ1) is 16.2. The Balaban J connectivity index is 3.02. The van der Waals surface area contributed by atoms with Crippen molar-refractivity contribution in [3.8, 4) is 0 Å². The summed E-state index contributed by atoms with van der Waals surface area (Å²) in [7, 11) is -1.78. The van der Waals surface area contributed by atoms with E-state index in [2.05, 4.69) is 19.6 Å². The second-order valence-corrected chi connectivity index (χ2v) is 12.0. The second-order valence-electron chi connectivity index (χ2n) is 5.85. The van der Waals surface area contributed by atoms with Crippen molar-refractivity contribution in [3.63, 3.8) is 0 Å². The van der Waals surface area contributed by atoms with Crippen LogP contribution in [0.5, 0.6) is 0 Å². The lowest BCUT2D eigenvalue weighted by Crippen LogP contribution is -2.48. The van der Waals surface area contributed by atoms with Gasteiger partial charge in [-0.25, -0.2) is 0 Å². The number of hydrogen-bond donors (Lipinski definition) is 0. The van der Waals surface area contributed by atoms with Gasteiger partial charge >= 0.3 is 0 Å². The number of amides is 1. The van der Waals surface area contributed by atoms with E-state index >= 15 is 0 Å². The first-order valence-corrected chi connectivity index (χ1v) is 10.4. The summed E-state index contributed by atoms with van der Waals surface area (Å²) in [6, 6.07) is 9.33. The summed E-state index contributed by atoms with van der Waals surface area (Å²) in [5, 5.41) is 0.826. The molecule has 0 spiro atoms. The molecule has 1 unspecified atom stereocenters. The van der Waals surface area contributed by atoms with E-state index in [1.165, 1.54) is 5.06 Å². The Morgan fingerprint density at radius 2 is 1.74 bits per heavy atom. The lowest BCUT2D eigenvalue weighted by molar-refractivity contribution is -0.126. The number of benzene rings is 1. The van der Waals surface area contributed by atoms with E-state index in [-0.39, 0.29) is 12.0 Å². The molecule has 0 radical (unpaired) electrons. The molecule has 0 saturated carbocycles. The van der Waals surface area contributed by atoms with Gasteiger partial charge in [0.1, 0.15) is 5.00 Å². The van der Waals surface area contributed by atoms with Gasteiger partial charge in [0.25, 0.3) is 5.91 Å². The van der Waals surface area contributed by atoms with Crippen molar-refractivity contribution in [2.24, 2.45) is 0 Å². The van der Waals surface area contributed by atoms with E-state index in [4.69, 9.17) is 16.4 Å². The van der Waals surface area contributed by atoms with Gasteiger partial charge in [0.2, 0.25) is 0 Å². The summed E-state index contributed by atoms with van der Waals surface area (Å²) in [4.78, 5) is 18.2. The first-order valence-electron chi connectivity index (χ1n) is 6.43. The molecule has 0 aliphatic heterocycles. The van der Waals surface area contributed by atoms with Crippen LogP contribution in [0.3, 0.4) is 0 Å². The smallest absolute Gasteiger partial charge is 0.265 e. The van der Waals surface area contributed by atoms with E-state index in [0.717, 1.165) is 0 Å². The molecular formula is C14H22ClNO2Si. The van der Waals surface area contributed by atoms with Gasteiger partial charge in [-0.1, -0.05) is 37.8 Å². The number of halogens is 1. The molecule has 19 heavy (non-hydrogen) atoms. The van der Waals surface area contributed by atoms with Crippen LogP contribution in [-0.2, 0) is 9.63 Å². The van der Waals surface area contributed by atoms with Crippen molar-refractivity contribution in [2.75, 3.05) is 5.06 Å². The molecule has 3 nitrogen and oxygen atoms in total. The molecule has 0 aromatic heterocycles. The molecule has 0 heterocycles. The summed E-state index contributed by atoms with van der Waals surface area (Å²) in [5.74, 6) is -0.180. The molecule has 0 saturated heterocycles. The summed E-state index contributed by atoms with van der Waals surface area (Å²) in [5.41, 5.74) is 0.713. The molecule has 0 bridgehead atoms. The van der Waals surface area contributed by atoms with Gasteiger partial charge in [-0.2, -0.15) is 5.06 Å². The Labute approximate surface area is 121 Å². The van der Waals surface area contributed by atoms with E-state index in [9.17, 15) is 4.79 Å². The van der Waals surface area contributed by atoms with Crippen LogP contribution in [0.15, 0.2) is 30.3 Å². The fourth-order valence-electron chi connectivity index (χ4n) is 1.49. The largest absolute Gasteiger partial charge is 0.271 e. The van der Waals surface area contributed by atoms with Gasteiger partial charge in [0.15, 0.2) is 0 Å². The number of hydrogen-bond acceptors (Lipinski definition) is 2. The molecule has 1 aromatic rings. The van der Waals surface area contributed by atoms with Crippen molar-refractivity contribution < 1.29 is 9.63 Å². The van der Waals surface area contributed by atoms with Gasteiger partial charge in [0, 0.05) is 0 Å². The van der Waals surface area contributed by atoms with Gasteiger partial charge in [-0.3, -0.25) is 9.63 Å². The van der Waals surface area contributed by atoms with E-state index < -0.39 is 13.1 Å². The van der Waals surface area contributed by atoms with E-state index in [0.29, 0.717) is 5.69 Å². The lowest BCUT2D eigenvalue weighted by atomic mass is 10.3. The Morgan fingerprint density at radius 3 is 2.16 bits per heavy atom. The van der Waals surface area contributed by atoms with E-state index in [1.54, 1.807) is 0 Å². The maximum Gasteiger partial charge on any atom is 0.265 e. The summed E-state index contributed by atoms with van der Waals surface area (Å²) >= 11 is 6.33. The van der Waals surface area contributed by atoms with Crippen molar-refractivity contribution >= 4 is 31.3 Å². The molecule has 0 fully saturated rings. The predicted octanol–water partition coefficient (Wildman–Crippen LogP) is 3.84. The third kappa shape index (κ3) is 4.64. The molecule has 0 aliphatic rings. The molecule has 0 N–H and O–H groups in total. The number of rotatable bonds is 5. The topological polar surface area (TPSA) is 29.5 Å². The zero-order chi connectivity index (χ0) is 14.6. The van der Waals surface area contributed by atoms with Gasteiger partial charge in [-0.15, -0.1) is 11.6 Å². The molecule has 106 valence electrons. The zero-order valence-electron chi connectivity index (χ0n) is 12.2. The van der Waals surface area contributed by atoms with Crippen LogP contribution >= 0.6 is 11.6 Å². The standard InChI is InChI=1S/C14H22ClNO2Si/c1-11(2)18-16(12-9-7-6-8-10-12)14(17)13(15)19(3,4)5/h6-11,13H,1-5H3. The van der Waals surface area contributed by atoms with Gasteiger partial charge in [0.05, 0.1) is 19.9 Å². The van der Waals surface area contributed by atoms with Crippen LogP contribution < -0.4 is 5.06 Å². The molecular weight excluding hydrogens is 278 g/mol. The molecule has 1 aromatic carbocycles. The number of nitrogens with zero attached hydrogens (tertiary/aromatic N) is 1. The number of hydroxylamine groups is 1. The Hall–Kier alpha value is -0.843. The molecule has 5 heteroatoms. The number of carbonyl (C=O) groups excluding carboxylic acids is 1. The fraction of sp³-hybridized carbons (Fsp3) is 0.500. The quantitative estimate of drug-likeness (QED) is 0.469. The Kier molecular flexibility index (Phi) is 5.59. The van der Waals surface area contributed by atoms with Crippen molar-refractivity contribution in [1.82, 2.24) is 0 Å². The molecule has 1 atom stereocenters. The van der Waals surface area contributed by atoms with Crippen LogP contribution in [0.4, 0.5) is 5.69 Å². The van der Waals surface area contributed by atoms with Crippen LogP contribution in [0.1, 0.15) is 13.8 Å². The third-order valence-corrected chi connectivity index (χ3v) is 6.40. The van der Waals surface area contributed by atoms with Crippen molar-refractivity contribution in [3.05, 3.63) is 30.3 Å². The monoisotopic (exact) mass is 299 g/mol. The van der Waals surface area contributed by atoms with Gasteiger partial charge in [-0.05, 0) is 26.0 Å². The van der Waals surface area contributed by atoms with Crippen molar-refractivity contribution in [1.29, 1.82) is 0 Å². The number of carbonyl (C=O) groups is 1. The minimum Gasteiger partial charge on any atom is -0.271 e. The molecule has 1 amide bonds. The SMILES string of the molecule is CC(C)ON(C(=O)C(Cl)[Si](C)(C)C)c1ccccc1. The summed E-state index contributed by atoms with van der Waals surface area (Å²) in [6.45, 7) is 9.99. The highest BCUT2D eigenvalue weighted by Gasteiger charge is 2.35. The third-order valence-electron chi connectivity index (χ3n) is 2.48. The van der Waals surface area contributed by atoms with Crippen LogP contribution in [0.25, 0.3) is 0 Å². The number of anilines is 1. The fourth-order valence-corrected chi connectivity index (χ4v) is 2.43. The summed E-state index contributed by atoms with van der Waals surface area (Å²) < 4.78 is 0. The van der Waals surface area contributed by atoms with E-state index in [1.807, 2.05) is 44.2 Å². The highest BCUT2D eigenvalue weighted by molar-refractivity contribution is 6.88. The van der Waals surface area contributed by atoms with Gasteiger partial charge < -0.3 is 0 Å². The molecule has 0 aliphatic carbocycles. The second kappa shape index (κ2) is 6.55. The Bertz CT molecular complexity index is 417. The maximum absolute atomic E-state index is 12.5. The minimum absolute atomic E-state index is 0.0883. The van der Waals surface area contributed by atoms with Crippen LogP contribution in [0, 0.1) is 0 Å². The number of alkyl halides is 1. The zero-order valence-corrected chi connectivity index (χ0v) is 13.9. The first-order chi connectivity index (χ1) is 8.73. The number of para-hydroxylation sites is 1. The minimum atomic E-state index is -1.78. The predicted molar refractivity (Wildman–Crippen MR) is 83.1 cm³/mol. The lowest BCUT2D eigenvalue weighted by Gasteiger charge is -2.30. The summed E-state index contributed by atoms with van der Waals surface area (Å²) in [6.07, 6.45) is -0.0883. The van der Waals surface area contributed by atoms with Crippen molar-refractivity contribution in [2.45, 2.75) is 44.6 Å². The molecule has 1 rings (SSSR count). The highest BCUT2D eigenvalue weighted by atomic mass is 35.5. The average molecular weight is 300 g/mol. The van der Waals surface area contributed by atoms with Crippen LogP contribution in [-0.4, -0.2) is 25.1 Å². The van der Waals surface area contributed by atoms with Crippen LogP contribution in [0.2, 0.25) is 19.6 Å². The Morgan fingerprint density at radius 1 is 1.21 bits per heavy atom.